The van der Waals surface area contributed by atoms with Crippen LogP contribution in [0.2, 0.25) is 0 Å². The van der Waals surface area contributed by atoms with Gasteiger partial charge < -0.3 is 4.74 Å². The number of hydrogen-bond acceptors (Lipinski definition) is 6. The second-order valence-corrected chi connectivity index (χ2v) is 7.37. The molecule has 0 saturated carbocycles. The van der Waals surface area contributed by atoms with Crippen LogP contribution in [-0.2, 0) is 9.53 Å². The maximum atomic E-state index is 12.4. The molecule has 8 nitrogen and oxygen atoms in total. The topological polar surface area (TPSA) is 96.8 Å². The molecule has 8 heteroatoms. The fourth-order valence-corrected chi connectivity index (χ4v) is 2.88. The Balaban J connectivity index is 1.62. The van der Waals surface area contributed by atoms with E-state index in [1.54, 1.807) is 39.4 Å². The molecule has 1 aromatic carbocycles. The Morgan fingerprint density at radius 2 is 2.00 bits per heavy atom. The van der Waals surface area contributed by atoms with Gasteiger partial charge in [-0.2, -0.15) is 5.10 Å². The van der Waals surface area contributed by atoms with Crippen molar-refractivity contribution in [1.82, 2.24) is 20.3 Å². The van der Waals surface area contributed by atoms with Gasteiger partial charge in [0.05, 0.1) is 17.2 Å². The lowest BCUT2D eigenvalue weighted by atomic mass is 10.2. The van der Waals surface area contributed by atoms with E-state index >= 15 is 0 Å². The number of ether oxygens (including phenoxy) is 1. The van der Waals surface area contributed by atoms with E-state index in [-0.39, 0.29) is 5.91 Å². The van der Waals surface area contributed by atoms with Gasteiger partial charge >= 0.3 is 6.09 Å². The van der Waals surface area contributed by atoms with Gasteiger partial charge in [0.25, 0.3) is 5.91 Å². The zero-order chi connectivity index (χ0) is 19.4. The highest BCUT2D eigenvalue weighted by Gasteiger charge is 2.36. The van der Waals surface area contributed by atoms with Crippen LogP contribution in [0.15, 0.2) is 35.7 Å². The van der Waals surface area contributed by atoms with Crippen molar-refractivity contribution >= 4 is 29.2 Å². The van der Waals surface area contributed by atoms with E-state index < -0.39 is 17.7 Å². The lowest BCUT2D eigenvalue weighted by Crippen LogP contribution is -2.46. The number of aromatic nitrogens is 2. The number of hydrazone groups is 1. The predicted octanol–water partition coefficient (Wildman–Crippen LogP) is 2.48. The third-order valence-electron chi connectivity index (χ3n) is 4.07. The van der Waals surface area contributed by atoms with Crippen LogP contribution in [0.4, 0.5) is 4.79 Å². The fraction of sp³-hybridized carbons (Fsp3) is 0.421. The SMILES string of the molecule is CC(C)(C)OC(=O)N1CCC[C@H]1C(=O)N/N=C/c1ccc2nccnc2c1. The molecule has 1 aliphatic rings. The fourth-order valence-electron chi connectivity index (χ4n) is 2.88. The van der Waals surface area contributed by atoms with Crippen molar-refractivity contribution < 1.29 is 14.3 Å². The normalized spacial score (nSPS) is 17.4. The van der Waals surface area contributed by atoms with Gasteiger partial charge in [0.1, 0.15) is 11.6 Å². The summed E-state index contributed by atoms with van der Waals surface area (Å²) in [4.78, 5) is 34.6. The molecule has 1 saturated heterocycles. The second-order valence-electron chi connectivity index (χ2n) is 7.37. The highest BCUT2D eigenvalue weighted by Crippen LogP contribution is 2.21. The van der Waals surface area contributed by atoms with Gasteiger partial charge in [0.2, 0.25) is 0 Å². The van der Waals surface area contributed by atoms with Gasteiger partial charge in [0, 0.05) is 18.9 Å². The molecule has 0 spiro atoms. The van der Waals surface area contributed by atoms with Gasteiger partial charge in [-0.3, -0.25) is 19.7 Å². The Hall–Kier alpha value is -3.03. The molecular formula is C19H23N5O3. The Kier molecular flexibility index (Phi) is 5.34. The maximum Gasteiger partial charge on any atom is 0.410 e. The second kappa shape index (κ2) is 7.69. The van der Waals surface area contributed by atoms with Crippen LogP contribution in [0.1, 0.15) is 39.2 Å². The van der Waals surface area contributed by atoms with Crippen molar-refractivity contribution in [2.75, 3.05) is 6.54 Å². The third-order valence-corrected chi connectivity index (χ3v) is 4.07. The lowest BCUT2D eigenvalue weighted by molar-refractivity contribution is -0.125. The maximum absolute atomic E-state index is 12.4. The summed E-state index contributed by atoms with van der Waals surface area (Å²) in [6, 6.07) is 4.95. The van der Waals surface area contributed by atoms with Crippen molar-refractivity contribution in [2.45, 2.75) is 45.3 Å². The van der Waals surface area contributed by atoms with E-state index in [9.17, 15) is 9.59 Å². The smallest absolute Gasteiger partial charge is 0.410 e. The summed E-state index contributed by atoms with van der Waals surface area (Å²) in [7, 11) is 0. The molecule has 2 aromatic rings. The summed E-state index contributed by atoms with van der Waals surface area (Å²) in [5.41, 5.74) is 4.24. The summed E-state index contributed by atoms with van der Waals surface area (Å²) in [6.07, 6.45) is 5.66. The number of nitrogens with one attached hydrogen (secondary N) is 1. The van der Waals surface area contributed by atoms with Gasteiger partial charge in [0.15, 0.2) is 0 Å². The third kappa shape index (κ3) is 4.78. The summed E-state index contributed by atoms with van der Waals surface area (Å²) in [5.74, 6) is -0.324. The number of carbonyl (C=O) groups excluding carboxylic acids is 2. The van der Waals surface area contributed by atoms with E-state index in [1.165, 1.54) is 4.90 Å². The number of rotatable bonds is 3. The van der Waals surface area contributed by atoms with E-state index in [2.05, 4.69) is 20.5 Å². The first kappa shape index (κ1) is 18.8. The van der Waals surface area contributed by atoms with Crippen molar-refractivity contribution in [3.63, 3.8) is 0 Å². The number of carbonyl (C=O) groups is 2. The molecule has 1 aromatic heterocycles. The van der Waals surface area contributed by atoms with E-state index in [0.717, 1.165) is 23.0 Å². The molecule has 1 aliphatic heterocycles. The molecule has 0 radical (unpaired) electrons. The van der Waals surface area contributed by atoms with E-state index in [1.807, 2.05) is 18.2 Å². The molecule has 27 heavy (non-hydrogen) atoms. The Bertz CT molecular complexity index is 875. The average molecular weight is 369 g/mol. The minimum absolute atomic E-state index is 0.324. The average Bonchev–Trinajstić information content (AvgIpc) is 3.10. The summed E-state index contributed by atoms with van der Waals surface area (Å²) >= 11 is 0. The monoisotopic (exact) mass is 369 g/mol. The molecule has 2 heterocycles. The molecule has 0 bridgehead atoms. The minimum atomic E-state index is -0.599. The van der Waals surface area contributed by atoms with Crippen LogP contribution < -0.4 is 5.43 Å². The first-order valence-corrected chi connectivity index (χ1v) is 8.87. The van der Waals surface area contributed by atoms with Crippen LogP contribution in [0.25, 0.3) is 11.0 Å². The summed E-state index contributed by atoms with van der Waals surface area (Å²) in [6.45, 7) is 5.90. The molecule has 1 N–H and O–H groups in total. The number of benzene rings is 1. The first-order valence-electron chi connectivity index (χ1n) is 8.87. The Morgan fingerprint density at radius 1 is 1.26 bits per heavy atom. The molecule has 1 fully saturated rings. The molecule has 0 aliphatic carbocycles. The van der Waals surface area contributed by atoms with Crippen molar-refractivity contribution in [1.29, 1.82) is 0 Å². The highest BCUT2D eigenvalue weighted by atomic mass is 16.6. The van der Waals surface area contributed by atoms with Gasteiger partial charge in [-0.05, 0) is 51.3 Å². The van der Waals surface area contributed by atoms with Crippen molar-refractivity contribution in [3.05, 3.63) is 36.2 Å². The molecule has 3 rings (SSSR count). The largest absolute Gasteiger partial charge is 0.444 e. The lowest BCUT2D eigenvalue weighted by Gasteiger charge is -2.27. The van der Waals surface area contributed by atoms with Crippen LogP contribution in [0.3, 0.4) is 0 Å². The predicted molar refractivity (Wildman–Crippen MR) is 101 cm³/mol. The molecule has 142 valence electrons. The number of fused-ring (bicyclic) bond motifs is 1. The van der Waals surface area contributed by atoms with Crippen LogP contribution >= 0.6 is 0 Å². The van der Waals surface area contributed by atoms with Crippen LogP contribution in [0, 0.1) is 0 Å². The quantitative estimate of drug-likeness (QED) is 0.662. The molecule has 0 unspecified atom stereocenters. The first-order chi connectivity index (χ1) is 12.8. The van der Waals surface area contributed by atoms with Crippen molar-refractivity contribution in [3.8, 4) is 0 Å². The minimum Gasteiger partial charge on any atom is -0.444 e. The van der Waals surface area contributed by atoms with Crippen molar-refractivity contribution in [2.24, 2.45) is 5.10 Å². The zero-order valence-corrected chi connectivity index (χ0v) is 15.7. The van der Waals surface area contributed by atoms with Gasteiger partial charge in [-0.25, -0.2) is 10.2 Å². The Labute approximate surface area is 157 Å². The zero-order valence-electron chi connectivity index (χ0n) is 15.7. The summed E-state index contributed by atoms with van der Waals surface area (Å²) < 4.78 is 5.37. The van der Waals surface area contributed by atoms with Crippen LogP contribution in [0.5, 0.6) is 0 Å². The van der Waals surface area contributed by atoms with E-state index in [0.29, 0.717) is 13.0 Å². The van der Waals surface area contributed by atoms with E-state index in [4.69, 9.17) is 4.74 Å². The number of nitrogens with zero attached hydrogens (tertiary/aromatic N) is 4. The number of amides is 2. The molecular weight excluding hydrogens is 346 g/mol. The Morgan fingerprint density at radius 3 is 2.74 bits per heavy atom. The number of hydrogen-bond donors (Lipinski definition) is 1. The number of likely N-dealkylation sites (tertiary alicyclic amines) is 1. The van der Waals surface area contributed by atoms with Gasteiger partial charge in [-0.15, -0.1) is 0 Å². The standard InChI is InChI=1S/C19H23N5O3/c1-19(2,3)27-18(26)24-10-4-5-16(24)17(25)23-22-12-13-6-7-14-15(11-13)21-9-8-20-14/h6-9,11-12,16H,4-5,10H2,1-3H3,(H,23,25)/b22-12+/t16-/m0/s1. The summed E-state index contributed by atoms with van der Waals surface area (Å²) in [5, 5.41) is 4.01. The van der Waals surface area contributed by atoms with Gasteiger partial charge in [-0.1, -0.05) is 6.07 Å². The molecule has 2 amide bonds. The highest BCUT2D eigenvalue weighted by molar-refractivity contribution is 5.89. The van der Waals surface area contributed by atoms with Crippen LogP contribution in [-0.4, -0.2) is 51.3 Å². The molecule has 1 atom stereocenters.